The van der Waals surface area contributed by atoms with Gasteiger partial charge in [0.2, 0.25) is 0 Å². The molecule has 1 fully saturated rings. The van der Waals surface area contributed by atoms with E-state index in [1.54, 1.807) is 6.92 Å². The molecule has 0 radical (unpaired) electrons. The van der Waals surface area contributed by atoms with Gasteiger partial charge in [0.1, 0.15) is 11.2 Å². The van der Waals surface area contributed by atoms with Crippen molar-refractivity contribution >= 4 is 11.9 Å². The van der Waals surface area contributed by atoms with Gasteiger partial charge in [-0.05, 0) is 37.6 Å². The minimum atomic E-state index is -1.15. The van der Waals surface area contributed by atoms with Crippen LogP contribution < -0.4 is 5.32 Å². The average Bonchev–Trinajstić information content (AvgIpc) is 2.75. The number of aryl methyl sites for hydroxylation is 1. The van der Waals surface area contributed by atoms with Crippen LogP contribution in [0.25, 0.3) is 0 Å². The summed E-state index contributed by atoms with van der Waals surface area (Å²) in [6.45, 7) is 3.29. The van der Waals surface area contributed by atoms with E-state index >= 15 is 0 Å². The Balaban J connectivity index is 2.15. The van der Waals surface area contributed by atoms with Crippen molar-refractivity contribution in [2.75, 3.05) is 13.2 Å². The first-order chi connectivity index (χ1) is 9.34. The molecule has 1 saturated heterocycles. The first kappa shape index (κ1) is 14.5. The maximum Gasteiger partial charge on any atom is 0.313 e. The molecule has 0 saturated carbocycles. The van der Waals surface area contributed by atoms with Crippen molar-refractivity contribution in [3.63, 3.8) is 0 Å². The third kappa shape index (κ3) is 2.51. The number of aliphatic carboxylic acids is 1. The van der Waals surface area contributed by atoms with Gasteiger partial charge in [0.25, 0.3) is 5.91 Å². The maximum absolute atomic E-state index is 13.2. The molecule has 1 aliphatic rings. The molecule has 0 aliphatic carbocycles. The van der Waals surface area contributed by atoms with E-state index < -0.39 is 23.3 Å². The summed E-state index contributed by atoms with van der Waals surface area (Å²) >= 11 is 0. The first-order valence-corrected chi connectivity index (χ1v) is 6.23. The van der Waals surface area contributed by atoms with Gasteiger partial charge in [-0.15, -0.1) is 0 Å². The summed E-state index contributed by atoms with van der Waals surface area (Å²) < 4.78 is 18.3. The second kappa shape index (κ2) is 5.20. The number of nitrogens with one attached hydrogen (secondary N) is 1. The predicted octanol–water partition coefficient (Wildman–Crippen LogP) is 1.35. The molecule has 20 heavy (non-hydrogen) atoms. The van der Waals surface area contributed by atoms with Crippen LogP contribution in [0.4, 0.5) is 4.39 Å². The summed E-state index contributed by atoms with van der Waals surface area (Å²) in [4.78, 5) is 23.4. The Labute approximate surface area is 115 Å². The molecular formula is C14H16FNO4. The van der Waals surface area contributed by atoms with Crippen molar-refractivity contribution in [1.82, 2.24) is 5.32 Å². The monoisotopic (exact) mass is 281 g/mol. The summed E-state index contributed by atoms with van der Waals surface area (Å²) in [5.41, 5.74) is -0.491. The van der Waals surface area contributed by atoms with Gasteiger partial charge >= 0.3 is 5.97 Å². The van der Waals surface area contributed by atoms with Crippen molar-refractivity contribution in [3.8, 4) is 0 Å². The quantitative estimate of drug-likeness (QED) is 0.877. The second-order valence-electron chi connectivity index (χ2n) is 5.23. The van der Waals surface area contributed by atoms with Gasteiger partial charge in [0, 0.05) is 5.56 Å². The van der Waals surface area contributed by atoms with Crippen LogP contribution in [0.15, 0.2) is 18.2 Å². The van der Waals surface area contributed by atoms with Crippen LogP contribution in [0, 0.1) is 18.2 Å². The molecule has 0 aromatic heterocycles. The highest BCUT2D eigenvalue weighted by molar-refractivity contribution is 5.95. The van der Waals surface area contributed by atoms with Crippen LogP contribution >= 0.6 is 0 Å². The fourth-order valence-electron chi connectivity index (χ4n) is 2.11. The Hall–Kier alpha value is -1.95. The van der Waals surface area contributed by atoms with Gasteiger partial charge in [-0.25, -0.2) is 4.39 Å². The van der Waals surface area contributed by atoms with Crippen molar-refractivity contribution in [2.45, 2.75) is 19.9 Å². The molecule has 108 valence electrons. The van der Waals surface area contributed by atoms with Gasteiger partial charge in [-0.3, -0.25) is 9.59 Å². The molecule has 2 N–H and O–H groups in total. The maximum atomic E-state index is 13.2. The topological polar surface area (TPSA) is 75.6 Å². The standard InChI is InChI=1S/C14H16FNO4/c1-8-5-9(3-4-10(8)15)12(17)16-11-6-20-7-14(11,2)13(18)19/h3-5,11H,6-7H2,1-2H3,(H,16,17)(H,18,19). The van der Waals surface area contributed by atoms with Crippen molar-refractivity contribution in [3.05, 3.63) is 35.1 Å². The first-order valence-electron chi connectivity index (χ1n) is 6.23. The van der Waals surface area contributed by atoms with Gasteiger partial charge in [-0.1, -0.05) is 0 Å². The van der Waals surface area contributed by atoms with E-state index in [2.05, 4.69) is 5.32 Å². The van der Waals surface area contributed by atoms with E-state index in [9.17, 15) is 19.1 Å². The molecule has 0 bridgehead atoms. The Morgan fingerprint density at radius 1 is 1.50 bits per heavy atom. The molecule has 1 aliphatic heterocycles. The van der Waals surface area contributed by atoms with Crippen LogP contribution in [0.3, 0.4) is 0 Å². The molecule has 6 heteroatoms. The lowest BCUT2D eigenvalue weighted by Gasteiger charge is -2.25. The van der Waals surface area contributed by atoms with E-state index in [0.717, 1.165) is 0 Å². The Bertz CT molecular complexity index is 560. The van der Waals surface area contributed by atoms with Gasteiger partial charge in [-0.2, -0.15) is 0 Å². The van der Waals surface area contributed by atoms with Crippen LogP contribution in [0.5, 0.6) is 0 Å². The number of carboxylic acids is 1. The molecule has 2 rings (SSSR count). The lowest BCUT2D eigenvalue weighted by atomic mass is 9.85. The molecule has 0 spiro atoms. The van der Waals surface area contributed by atoms with Crippen molar-refractivity contribution in [2.24, 2.45) is 5.41 Å². The highest BCUT2D eigenvalue weighted by atomic mass is 19.1. The normalized spacial score (nSPS) is 25.4. The molecule has 2 atom stereocenters. The number of ether oxygens (including phenoxy) is 1. The fourth-order valence-corrected chi connectivity index (χ4v) is 2.11. The summed E-state index contributed by atoms with van der Waals surface area (Å²) in [7, 11) is 0. The van der Waals surface area contributed by atoms with Gasteiger partial charge in [0.05, 0.1) is 19.3 Å². The van der Waals surface area contributed by atoms with Gasteiger partial charge in [0.15, 0.2) is 0 Å². The molecule has 1 amide bonds. The van der Waals surface area contributed by atoms with Crippen LogP contribution in [-0.4, -0.2) is 36.2 Å². The molecule has 1 aromatic rings. The Kier molecular flexibility index (Phi) is 3.76. The zero-order chi connectivity index (χ0) is 14.9. The Morgan fingerprint density at radius 2 is 2.20 bits per heavy atom. The lowest BCUT2D eigenvalue weighted by Crippen LogP contribution is -2.49. The third-order valence-electron chi connectivity index (χ3n) is 3.67. The van der Waals surface area contributed by atoms with E-state index in [-0.39, 0.29) is 19.0 Å². The molecule has 5 nitrogen and oxygen atoms in total. The summed E-state index contributed by atoms with van der Waals surface area (Å²) in [6.07, 6.45) is 0. The second-order valence-corrected chi connectivity index (χ2v) is 5.23. The molecule has 1 aromatic carbocycles. The van der Waals surface area contributed by atoms with E-state index in [1.165, 1.54) is 25.1 Å². The minimum absolute atomic E-state index is 0.0513. The Morgan fingerprint density at radius 3 is 2.80 bits per heavy atom. The summed E-state index contributed by atoms with van der Waals surface area (Å²) in [5.74, 6) is -1.84. The van der Waals surface area contributed by atoms with E-state index in [0.29, 0.717) is 11.1 Å². The number of hydrogen-bond acceptors (Lipinski definition) is 3. The van der Waals surface area contributed by atoms with E-state index in [4.69, 9.17) is 4.74 Å². The van der Waals surface area contributed by atoms with Crippen molar-refractivity contribution in [1.29, 1.82) is 0 Å². The number of carbonyl (C=O) groups is 2. The summed E-state index contributed by atoms with van der Waals surface area (Å²) in [6, 6.07) is 3.40. The highest BCUT2D eigenvalue weighted by Crippen LogP contribution is 2.29. The number of amides is 1. The SMILES string of the molecule is Cc1cc(C(=O)NC2COCC2(C)C(=O)O)ccc1F. The molecular weight excluding hydrogens is 265 g/mol. The summed E-state index contributed by atoms with van der Waals surface area (Å²) in [5, 5.41) is 11.9. The zero-order valence-electron chi connectivity index (χ0n) is 11.3. The van der Waals surface area contributed by atoms with Crippen LogP contribution in [-0.2, 0) is 9.53 Å². The number of carbonyl (C=O) groups excluding carboxylic acids is 1. The number of halogens is 1. The molecule has 1 heterocycles. The predicted molar refractivity (Wildman–Crippen MR) is 69.0 cm³/mol. The zero-order valence-corrected chi connectivity index (χ0v) is 11.3. The minimum Gasteiger partial charge on any atom is -0.481 e. The molecule has 2 unspecified atom stereocenters. The van der Waals surface area contributed by atoms with Crippen LogP contribution in [0.1, 0.15) is 22.8 Å². The van der Waals surface area contributed by atoms with Crippen molar-refractivity contribution < 1.29 is 23.8 Å². The number of benzene rings is 1. The van der Waals surface area contributed by atoms with E-state index in [1.807, 2.05) is 0 Å². The lowest BCUT2D eigenvalue weighted by molar-refractivity contribution is -0.148. The van der Waals surface area contributed by atoms with Crippen LogP contribution in [0.2, 0.25) is 0 Å². The fraction of sp³-hybridized carbons (Fsp3) is 0.429. The number of hydrogen-bond donors (Lipinski definition) is 2. The number of carboxylic acid groups (broad SMARTS) is 1. The largest absolute Gasteiger partial charge is 0.481 e. The number of rotatable bonds is 3. The van der Waals surface area contributed by atoms with Gasteiger partial charge < -0.3 is 15.2 Å². The third-order valence-corrected chi connectivity index (χ3v) is 3.67. The smallest absolute Gasteiger partial charge is 0.313 e. The average molecular weight is 281 g/mol. The highest BCUT2D eigenvalue weighted by Gasteiger charge is 2.47.